The van der Waals surface area contributed by atoms with Gasteiger partial charge in [0.1, 0.15) is 18.5 Å². The molecule has 192 valence electrons. The van der Waals surface area contributed by atoms with E-state index in [2.05, 4.69) is 10.3 Å². The summed E-state index contributed by atoms with van der Waals surface area (Å²) in [7, 11) is -3.32. The number of anilines is 1. The van der Waals surface area contributed by atoms with Crippen LogP contribution in [0, 0.1) is 0 Å². The predicted molar refractivity (Wildman–Crippen MR) is 132 cm³/mol. The van der Waals surface area contributed by atoms with Gasteiger partial charge in [0.05, 0.1) is 29.2 Å². The number of nitrogens with one attached hydrogen (secondary N) is 1. The number of piperidine rings is 1. The quantitative estimate of drug-likeness (QED) is 0.435. The molecule has 2 aliphatic rings. The van der Waals surface area contributed by atoms with Crippen LogP contribution in [-0.4, -0.2) is 86.2 Å². The van der Waals surface area contributed by atoms with Gasteiger partial charge in [-0.05, 0) is 37.5 Å². The molecule has 2 aliphatic heterocycles. The van der Waals surface area contributed by atoms with Crippen molar-refractivity contribution in [2.75, 3.05) is 44.8 Å². The van der Waals surface area contributed by atoms with Crippen LogP contribution in [0.15, 0.2) is 34.5 Å². The number of benzene rings is 1. The molecule has 35 heavy (non-hydrogen) atoms. The molecule has 2 saturated heterocycles. The Kier molecular flexibility index (Phi) is 7.96. The smallest absolute Gasteiger partial charge is 0.228 e. The number of nitrogens with two attached hydrogens (primary N) is 1. The molecule has 0 aliphatic carbocycles. The number of aliphatic hydroxyl groups excluding tert-OH is 1. The second-order valence-corrected chi connectivity index (χ2v) is 12.2. The lowest BCUT2D eigenvalue weighted by Crippen LogP contribution is -2.47. The van der Waals surface area contributed by atoms with Gasteiger partial charge in [0.15, 0.2) is 15.0 Å². The summed E-state index contributed by atoms with van der Waals surface area (Å²) in [5.41, 5.74) is 6.12. The molecule has 4 rings (SSSR count). The van der Waals surface area contributed by atoms with Crippen LogP contribution in [0.2, 0.25) is 0 Å². The molecule has 12 heteroatoms. The second kappa shape index (κ2) is 10.8. The Bertz CT molecular complexity index is 1130. The third-order valence-corrected chi connectivity index (χ3v) is 8.29. The number of hydrogen-bond donors (Lipinski definition) is 3. The number of likely N-dealkylation sites (tertiary alicyclic amines) is 1. The minimum atomic E-state index is -3.32. The van der Waals surface area contributed by atoms with E-state index in [-0.39, 0.29) is 35.5 Å². The molecule has 1 aromatic carbocycles. The SMILES string of the molecule is CS(=O)(=O)c1cccc(OC[C@@H](O)CNC2COC3(CCN(C(=O)Cc4csc(N)n4)CC3)C2)c1. The van der Waals surface area contributed by atoms with E-state index in [0.29, 0.717) is 42.8 Å². The third-order valence-electron chi connectivity index (χ3n) is 6.46. The standard InChI is InChI=1S/C23H32N4O6S2/c1-35(30,31)20-4-2-3-19(10-20)32-14-18(28)12-25-17-11-23(33-13-17)5-7-27(8-6-23)21(29)9-16-15-34-22(24)26-16/h2-4,10,15,17-18,25,28H,5-9,11-14H2,1H3,(H2,24,26)/t17?,18-/m0/s1. The fourth-order valence-corrected chi connectivity index (χ4v) is 5.73. The van der Waals surface area contributed by atoms with Crippen molar-refractivity contribution in [2.24, 2.45) is 0 Å². The van der Waals surface area contributed by atoms with E-state index in [1.165, 1.54) is 23.5 Å². The zero-order valence-electron chi connectivity index (χ0n) is 19.7. The van der Waals surface area contributed by atoms with E-state index < -0.39 is 15.9 Å². The van der Waals surface area contributed by atoms with Crippen LogP contribution in [0.5, 0.6) is 5.75 Å². The maximum atomic E-state index is 12.6. The molecule has 2 fully saturated rings. The van der Waals surface area contributed by atoms with Gasteiger partial charge in [0.25, 0.3) is 0 Å². The van der Waals surface area contributed by atoms with Gasteiger partial charge in [0, 0.05) is 37.3 Å². The Hall–Kier alpha value is -2.25. The molecule has 1 amide bonds. The van der Waals surface area contributed by atoms with Crippen molar-refractivity contribution in [3.63, 3.8) is 0 Å². The highest BCUT2D eigenvalue weighted by atomic mass is 32.2. The Balaban J connectivity index is 1.17. The van der Waals surface area contributed by atoms with E-state index in [4.69, 9.17) is 15.2 Å². The lowest BCUT2D eigenvalue weighted by molar-refractivity contribution is -0.135. The van der Waals surface area contributed by atoms with Gasteiger partial charge in [-0.25, -0.2) is 13.4 Å². The molecule has 1 spiro atoms. The van der Waals surface area contributed by atoms with Crippen LogP contribution in [0.25, 0.3) is 0 Å². The number of rotatable bonds is 9. The van der Waals surface area contributed by atoms with Crippen LogP contribution >= 0.6 is 11.3 Å². The molecule has 2 atom stereocenters. The lowest BCUT2D eigenvalue weighted by Gasteiger charge is -2.38. The number of amides is 1. The maximum Gasteiger partial charge on any atom is 0.228 e. The Morgan fingerprint density at radius 3 is 2.89 bits per heavy atom. The predicted octanol–water partition coefficient (Wildman–Crippen LogP) is 0.851. The van der Waals surface area contributed by atoms with Crippen molar-refractivity contribution in [1.29, 1.82) is 0 Å². The zero-order chi connectivity index (χ0) is 25.1. The first-order valence-electron chi connectivity index (χ1n) is 11.6. The van der Waals surface area contributed by atoms with Crippen LogP contribution in [0.4, 0.5) is 5.13 Å². The summed E-state index contributed by atoms with van der Waals surface area (Å²) in [5.74, 6) is 0.456. The van der Waals surface area contributed by atoms with Gasteiger partial charge in [0.2, 0.25) is 5.91 Å². The number of aliphatic hydroxyl groups is 1. The molecule has 2 aromatic rings. The van der Waals surface area contributed by atoms with E-state index in [0.717, 1.165) is 25.5 Å². The normalized spacial score (nSPS) is 20.7. The summed E-state index contributed by atoms with van der Waals surface area (Å²) in [6, 6.07) is 6.34. The van der Waals surface area contributed by atoms with E-state index in [9.17, 15) is 18.3 Å². The van der Waals surface area contributed by atoms with Gasteiger partial charge in [-0.1, -0.05) is 6.07 Å². The van der Waals surface area contributed by atoms with Crippen molar-refractivity contribution >= 4 is 32.2 Å². The van der Waals surface area contributed by atoms with Crippen molar-refractivity contribution in [1.82, 2.24) is 15.2 Å². The number of aromatic nitrogens is 1. The highest BCUT2D eigenvalue weighted by Gasteiger charge is 2.43. The largest absolute Gasteiger partial charge is 0.491 e. The molecular weight excluding hydrogens is 492 g/mol. The highest BCUT2D eigenvalue weighted by Crippen LogP contribution is 2.36. The summed E-state index contributed by atoms with van der Waals surface area (Å²) in [6.45, 7) is 2.22. The molecule has 0 bridgehead atoms. The second-order valence-electron chi connectivity index (χ2n) is 9.25. The van der Waals surface area contributed by atoms with Crippen LogP contribution in [0.1, 0.15) is 25.0 Å². The fraction of sp³-hybridized carbons (Fsp3) is 0.565. The Morgan fingerprint density at radius 1 is 1.43 bits per heavy atom. The highest BCUT2D eigenvalue weighted by molar-refractivity contribution is 7.90. The summed E-state index contributed by atoms with van der Waals surface area (Å²) >= 11 is 1.34. The topological polar surface area (TPSA) is 144 Å². The Labute approximate surface area is 209 Å². The molecule has 1 aromatic heterocycles. The zero-order valence-corrected chi connectivity index (χ0v) is 21.3. The van der Waals surface area contributed by atoms with E-state index >= 15 is 0 Å². The van der Waals surface area contributed by atoms with Crippen molar-refractivity contribution < 1.29 is 27.8 Å². The van der Waals surface area contributed by atoms with Gasteiger partial charge in [-0.15, -0.1) is 11.3 Å². The number of ether oxygens (including phenoxy) is 2. The fourth-order valence-electron chi connectivity index (χ4n) is 4.51. The summed E-state index contributed by atoms with van der Waals surface area (Å²) in [4.78, 5) is 18.8. The van der Waals surface area contributed by atoms with Crippen LogP contribution < -0.4 is 15.8 Å². The van der Waals surface area contributed by atoms with Gasteiger partial charge < -0.3 is 30.5 Å². The van der Waals surface area contributed by atoms with Crippen LogP contribution in [-0.2, 0) is 25.8 Å². The molecular formula is C23H32N4O6S2. The monoisotopic (exact) mass is 524 g/mol. The minimum Gasteiger partial charge on any atom is -0.491 e. The number of carbonyl (C=O) groups excluding carboxylic acids is 1. The van der Waals surface area contributed by atoms with Crippen molar-refractivity contribution in [2.45, 2.75) is 48.3 Å². The van der Waals surface area contributed by atoms with Crippen molar-refractivity contribution in [3.8, 4) is 5.75 Å². The number of thiazole rings is 1. The lowest BCUT2D eigenvalue weighted by atomic mass is 9.87. The molecule has 0 radical (unpaired) electrons. The summed E-state index contributed by atoms with van der Waals surface area (Å²) < 4.78 is 35.1. The molecule has 3 heterocycles. The molecule has 0 saturated carbocycles. The van der Waals surface area contributed by atoms with Gasteiger partial charge in [-0.2, -0.15) is 0 Å². The number of hydrogen-bond acceptors (Lipinski definition) is 10. The number of carbonyl (C=O) groups is 1. The third kappa shape index (κ3) is 6.91. The van der Waals surface area contributed by atoms with Gasteiger partial charge in [-0.3, -0.25) is 4.79 Å². The molecule has 4 N–H and O–H groups in total. The number of sulfone groups is 1. The van der Waals surface area contributed by atoms with E-state index in [1.54, 1.807) is 12.1 Å². The maximum absolute atomic E-state index is 12.6. The average Bonchev–Trinajstić information content (AvgIpc) is 3.42. The van der Waals surface area contributed by atoms with E-state index in [1.807, 2.05) is 10.3 Å². The minimum absolute atomic E-state index is 0.0423. The number of nitrogens with zero attached hydrogens (tertiary/aromatic N) is 2. The summed E-state index contributed by atoms with van der Waals surface area (Å²) in [5, 5.41) is 16.0. The Morgan fingerprint density at radius 2 is 2.20 bits per heavy atom. The summed E-state index contributed by atoms with van der Waals surface area (Å²) in [6.07, 6.45) is 3.03. The molecule has 10 nitrogen and oxygen atoms in total. The molecule has 1 unspecified atom stereocenters. The first kappa shape index (κ1) is 25.8. The first-order chi connectivity index (χ1) is 16.6. The van der Waals surface area contributed by atoms with Gasteiger partial charge >= 0.3 is 0 Å². The average molecular weight is 525 g/mol. The first-order valence-corrected chi connectivity index (χ1v) is 14.3. The van der Waals surface area contributed by atoms with Crippen molar-refractivity contribution in [3.05, 3.63) is 35.3 Å². The number of nitrogen functional groups attached to an aromatic ring is 1. The van der Waals surface area contributed by atoms with Crippen LogP contribution in [0.3, 0.4) is 0 Å².